The Morgan fingerprint density at radius 1 is 1.10 bits per heavy atom. The molecular formula is C16H21NO3. The normalized spacial score (nSPS) is 10.9. The Balaban J connectivity index is 2.29. The maximum absolute atomic E-state index is 12.3. The van der Waals surface area contributed by atoms with Crippen molar-refractivity contribution in [3.05, 3.63) is 40.8 Å². The minimum absolute atomic E-state index is 0.0413. The van der Waals surface area contributed by atoms with Gasteiger partial charge in [0, 0.05) is 24.7 Å². The average molecular weight is 275 g/mol. The Labute approximate surface area is 118 Å². The first-order valence-electron chi connectivity index (χ1n) is 7.10. The van der Waals surface area contributed by atoms with Crippen molar-refractivity contribution in [3.8, 4) is 5.75 Å². The second kappa shape index (κ2) is 7.10. The van der Waals surface area contributed by atoms with Gasteiger partial charge in [-0.2, -0.15) is 0 Å². The van der Waals surface area contributed by atoms with E-state index in [9.17, 15) is 4.79 Å². The lowest BCUT2D eigenvalue weighted by molar-refractivity contribution is 0.111. The number of benzene rings is 1. The van der Waals surface area contributed by atoms with Crippen LogP contribution in [0.1, 0.15) is 20.3 Å². The van der Waals surface area contributed by atoms with E-state index < -0.39 is 0 Å². The first-order chi connectivity index (χ1) is 9.77. The zero-order valence-electron chi connectivity index (χ0n) is 12.1. The molecule has 1 heterocycles. The van der Waals surface area contributed by atoms with Crippen LogP contribution in [0.5, 0.6) is 5.75 Å². The van der Waals surface area contributed by atoms with Crippen molar-refractivity contribution in [2.45, 2.75) is 26.8 Å². The van der Waals surface area contributed by atoms with Crippen LogP contribution < -0.4 is 10.3 Å². The molecule has 0 radical (unpaired) electrons. The quantitative estimate of drug-likeness (QED) is 0.730. The molecule has 0 aliphatic carbocycles. The summed E-state index contributed by atoms with van der Waals surface area (Å²) in [4.78, 5) is 12.3. The van der Waals surface area contributed by atoms with Crippen LogP contribution in [0, 0.1) is 0 Å². The maximum atomic E-state index is 12.3. The molecule has 0 saturated heterocycles. The highest BCUT2D eigenvalue weighted by Crippen LogP contribution is 2.23. The van der Waals surface area contributed by atoms with Gasteiger partial charge in [-0.05, 0) is 31.5 Å². The lowest BCUT2D eigenvalue weighted by Gasteiger charge is -2.11. The van der Waals surface area contributed by atoms with Crippen LogP contribution in [0.15, 0.2) is 35.3 Å². The van der Waals surface area contributed by atoms with E-state index >= 15 is 0 Å². The van der Waals surface area contributed by atoms with Crippen molar-refractivity contribution in [2.24, 2.45) is 0 Å². The van der Waals surface area contributed by atoms with Gasteiger partial charge in [0.1, 0.15) is 12.4 Å². The van der Waals surface area contributed by atoms with Gasteiger partial charge in [-0.25, -0.2) is 0 Å². The smallest absolute Gasteiger partial charge is 0.258 e. The standard InChI is InChI=1S/C16H21NO3/c1-3-9-17-10-8-13-14(16(17)18)6-5-7-15(13)20-12-11-19-4-2/h5-8,10H,3-4,9,11-12H2,1-2H3. The molecule has 1 aromatic carbocycles. The van der Waals surface area contributed by atoms with Crippen LogP contribution in [0.2, 0.25) is 0 Å². The van der Waals surface area contributed by atoms with Crippen molar-refractivity contribution >= 4 is 10.8 Å². The van der Waals surface area contributed by atoms with Gasteiger partial charge < -0.3 is 14.0 Å². The third kappa shape index (κ3) is 3.20. The van der Waals surface area contributed by atoms with Crippen LogP contribution in [-0.4, -0.2) is 24.4 Å². The number of aromatic nitrogens is 1. The number of fused-ring (bicyclic) bond motifs is 1. The van der Waals surface area contributed by atoms with Crippen LogP contribution in [0.25, 0.3) is 10.8 Å². The van der Waals surface area contributed by atoms with Crippen molar-refractivity contribution < 1.29 is 9.47 Å². The van der Waals surface area contributed by atoms with Gasteiger partial charge in [-0.3, -0.25) is 4.79 Å². The number of hydrogen-bond acceptors (Lipinski definition) is 3. The highest BCUT2D eigenvalue weighted by Gasteiger charge is 2.07. The summed E-state index contributed by atoms with van der Waals surface area (Å²) in [6.07, 6.45) is 2.78. The summed E-state index contributed by atoms with van der Waals surface area (Å²) in [6, 6.07) is 7.54. The van der Waals surface area contributed by atoms with Gasteiger partial charge in [-0.1, -0.05) is 13.0 Å². The monoisotopic (exact) mass is 275 g/mol. The third-order valence-corrected chi connectivity index (χ3v) is 3.13. The molecule has 20 heavy (non-hydrogen) atoms. The summed E-state index contributed by atoms with van der Waals surface area (Å²) in [5, 5.41) is 1.57. The fraction of sp³-hybridized carbons (Fsp3) is 0.438. The van der Waals surface area contributed by atoms with Crippen molar-refractivity contribution in [1.29, 1.82) is 0 Å². The Morgan fingerprint density at radius 3 is 2.70 bits per heavy atom. The Bertz CT molecular complexity index is 619. The number of nitrogens with zero attached hydrogens (tertiary/aromatic N) is 1. The molecule has 0 saturated carbocycles. The number of aryl methyl sites for hydroxylation is 1. The maximum Gasteiger partial charge on any atom is 0.258 e. The molecule has 0 aliphatic heterocycles. The van der Waals surface area contributed by atoms with Crippen LogP contribution >= 0.6 is 0 Å². The average Bonchev–Trinajstić information content (AvgIpc) is 2.47. The molecule has 2 rings (SSSR count). The lowest BCUT2D eigenvalue weighted by atomic mass is 10.1. The Hall–Kier alpha value is -1.81. The largest absolute Gasteiger partial charge is 0.491 e. The zero-order chi connectivity index (χ0) is 14.4. The minimum atomic E-state index is 0.0413. The van der Waals surface area contributed by atoms with Crippen molar-refractivity contribution in [3.63, 3.8) is 0 Å². The lowest BCUT2D eigenvalue weighted by Crippen LogP contribution is -2.19. The molecular weight excluding hydrogens is 254 g/mol. The molecule has 0 bridgehead atoms. The van der Waals surface area contributed by atoms with Crippen molar-refractivity contribution in [2.75, 3.05) is 19.8 Å². The number of rotatable bonds is 7. The summed E-state index contributed by atoms with van der Waals surface area (Å²) in [5.74, 6) is 0.739. The van der Waals surface area contributed by atoms with Crippen molar-refractivity contribution in [1.82, 2.24) is 4.57 Å². The molecule has 0 N–H and O–H groups in total. The number of pyridine rings is 1. The molecule has 4 nitrogen and oxygen atoms in total. The summed E-state index contributed by atoms with van der Waals surface area (Å²) in [6.45, 7) is 6.48. The van der Waals surface area contributed by atoms with Gasteiger partial charge in [0.15, 0.2) is 0 Å². The minimum Gasteiger partial charge on any atom is -0.491 e. The first-order valence-corrected chi connectivity index (χ1v) is 7.10. The second-order valence-corrected chi connectivity index (χ2v) is 4.58. The summed E-state index contributed by atoms with van der Waals surface area (Å²) >= 11 is 0. The van der Waals surface area contributed by atoms with Gasteiger partial charge in [0.05, 0.1) is 12.0 Å². The summed E-state index contributed by atoms with van der Waals surface area (Å²) in [5.41, 5.74) is 0.0413. The Kier molecular flexibility index (Phi) is 5.18. The van der Waals surface area contributed by atoms with E-state index in [-0.39, 0.29) is 5.56 Å². The first kappa shape index (κ1) is 14.6. The van der Waals surface area contributed by atoms with E-state index in [1.165, 1.54) is 0 Å². The van der Waals surface area contributed by atoms with E-state index in [0.717, 1.165) is 24.1 Å². The molecule has 0 unspecified atom stereocenters. The van der Waals surface area contributed by atoms with E-state index in [0.29, 0.717) is 25.2 Å². The van der Waals surface area contributed by atoms with Crippen LogP contribution in [-0.2, 0) is 11.3 Å². The highest BCUT2D eigenvalue weighted by molar-refractivity contribution is 5.87. The molecule has 0 amide bonds. The number of ether oxygens (including phenoxy) is 2. The van der Waals surface area contributed by atoms with Gasteiger partial charge in [-0.15, -0.1) is 0 Å². The molecule has 0 fully saturated rings. The van der Waals surface area contributed by atoms with E-state index in [1.807, 2.05) is 37.4 Å². The number of hydrogen-bond donors (Lipinski definition) is 0. The Morgan fingerprint density at radius 2 is 1.95 bits per heavy atom. The predicted octanol–water partition coefficient (Wildman–Crippen LogP) is 2.83. The molecule has 1 aromatic heterocycles. The van der Waals surface area contributed by atoms with Gasteiger partial charge >= 0.3 is 0 Å². The zero-order valence-corrected chi connectivity index (χ0v) is 12.1. The topological polar surface area (TPSA) is 40.5 Å². The van der Waals surface area contributed by atoms with E-state index in [4.69, 9.17) is 9.47 Å². The van der Waals surface area contributed by atoms with Crippen LogP contribution in [0.4, 0.5) is 0 Å². The SMILES string of the molecule is CCCn1ccc2c(OCCOCC)cccc2c1=O. The summed E-state index contributed by atoms with van der Waals surface area (Å²) in [7, 11) is 0. The molecule has 2 aromatic rings. The van der Waals surface area contributed by atoms with E-state index in [1.54, 1.807) is 4.57 Å². The molecule has 108 valence electrons. The van der Waals surface area contributed by atoms with Gasteiger partial charge in [0.2, 0.25) is 0 Å². The molecule has 0 atom stereocenters. The summed E-state index contributed by atoms with van der Waals surface area (Å²) < 4.78 is 12.7. The van der Waals surface area contributed by atoms with Gasteiger partial charge in [0.25, 0.3) is 5.56 Å². The highest BCUT2D eigenvalue weighted by atomic mass is 16.5. The molecule has 0 spiro atoms. The third-order valence-electron chi connectivity index (χ3n) is 3.13. The second-order valence-electron chi connectivity index (χ2n) is 4.58. The molecule has 0 aliphatic rings. The fourth-order valence-corrected chi connectivity index (χ4v) is 2.19. The van der Waals surface area contributed by atoms with E-state index in [2.05, 4.69) is 6.92 Å². The molecule has 4 heteroatoms. The predicted molar refractivity (Wildman–Crippen MR) is 80.5 cm³/mol. The fourth-order valence-electron chi connectivity index (χ4n) is 2.19. The van der Waals surface area contributed by atoms with Crippen LogP contribution in [0.3, 0.4) is 0 Å².